The maximum atomic E-state index is 13.5. The van der Waals surface area contributed by atoms with E-state index in [9.17, 15) is 62.4 Å². The lowest BCUT2D eigenvalue weighted by Gasteiger charge is -2.38. The van der Waals surface area contributed by atoms with Crippen LogP contribution in [0.25, 0.3) is 22.2 Å². The van der Waals surface area contributed by atoms with E-state index in [1.165, 1.54) is 29.4 Å². The Kier molecular flexibility index (Phi) is 17.2. The standard InChI is InChI=1S/C54H57F3N8O15/c1-62-27-36(31-6-7-38-32(24-31)10-13-64(38)42(68)23-29-3-2-4-33(21-29)54(55,56)57)43-48(58)60-28-63(49(43)62)26-30-5-8-39(79-53-46(71)44(69)45(70)47(80-53)52(74)75)37(22-30)61-41(67)9-12-59-40(66)11-15-76-17-19-78-20-18-77-16-14-65-50(72)34-25-35(34)51(65)73/h2-8,21-22,24,27-28,44-47,53,58,69-71H,9-20,23,25-26H2,1H3,(H3,59,61,66,67,74,75)/p+1/t44-,45-,46+,47-,53+/m0/s1. The van der Waals surface area contributed by atoms with E-state index in [0.29, 0.717) is 52.8 Å². The number of aromatic nitrogens is 3. The predicted octanol–water partition coefficient (Wildman–Crippen LogP) is 1.53. The number of imide groups is 1. The van der Waals surface area contributed by atoms with Crippen LogP contribution >= 0.6 is 0 Å². The molecule has 26 heteroatoms. The molecule has 0 unspecified atom stereocenters. The average molecular weight is 1120 g/mol. The molecule has 5 amide bonds. The minimum Gasteiger partial charge on any atom is -0.479 e. The number of piperidine rings is 1. The first-order valence-corrected chi connectivity index (χ1v) is 25.6. The zero-order valence-corrected chi connectivity index (χ0v) is 43.1. The van der Waals surface area contributed by atoms with Crippen molar-refractivity contribution in [2.24, 2.45) is 7.05 Å². The summed E-state index contributed by atoms with van der Waals surface area (Å²) in [6.07, 6.45) is -10.3. The number of aliphatic hydroxyl groups excluding tert-OH is 3. The lowest BCUT2D eigenvalue weighted by Crippen LogP contribution is -2.61. The van der Waals surface area contributed by atoms with Crippen molar-refractivity contribution in [3.8, 4) is 16.9 Å². The average Bonchev–Trinajstić information content (AvgIpc) is 4.10. The smallest absolute Gasteiger partial charge is 0.416 e. The number of carbonyl (C=O) groups is 6. The molecule has 9 rings (SSSR count). The van der Waals surface area contributed by atoms with Crippen LogP contribution in [-0.2, 0) is 80.3 Å². The first kappa shape index (κ1) is 56.9. The van der Waals surface area contributed by atoms with Gasteiger partial charge in [0.2, 0.25) is 41.8 Å². The molecule has 0 saturated carbocycles. The second-order valence-corrected chi connectivity index (χ2v) is 19.4. The maximum absolute atomic E-state index is 13.5. The Labute approximate surface area is 454 Å². The number of anilines is 3. The molecule has 23 nitrogen and oxygen atoms in total. The summed E-state index contributed by atoms with van der Waals surface area (Å²) in [5.74, 6) is -3.35. The Hall–Kier alpha value is -7.85. The molecule has 4 aliphatic rings. The lowest BCUT2D eigenvalue weighted by atomic mass is 9.99. The number of amides is 5. The zero-order valence-electron chi connectivity index (χ0n) is 43.1. The lowest BCUT2D eigenvalue weighted by molar-refractivity contribution is -0.667. The molecule has 1 saturated heterocycles. The summed E-state index contributed by atoms with van der Waals surface area (Å²) >= 11 is 0. The molecule has 1 fully saturated rings. The predicted molar refractivity (Wildman–Crippen MR) is 274 cm³/mol. The van der Waals surface area contributed by atoms with Gasteiger partial charge in [0.05, 0.1) is 83.6 Å². The third kappa shape index (κ3) is 12.8. The van der Waals surface area contributed by atoms with Gasteiger partial charge in [0.15, 0.2) is 6.10 Å². The Bertz CT molecular complexity index is 3240. The van der Waals surface area contributed by atoms with Crippen LogP contribution < -0.4 is 30.6 Å². The van der Waals surface area contributed by atoms with Gasteiger partial charge in [-0.2, -0.15) is 13.2 Å². The summed E-state index contributed by atoms with van der Waals surface area (Å²) < 4.78 is 71.4. The summed E-state index contributed by atoms with van der Waals surface area (Å²) in [6.45, 7) is 1.73. The molecule has 80 heavy (non-hydrogen) atoms. The van der Waals surface area contributed by atoms with Gasteiger partial charge in [-0.25, -0.2) is 9.36 Å². The van der Waals surface area contributed by atoms with Crippen molar-refractivity contribution in [1.29, 1.82) is 0 Å². The number of halogens is 3. The van der Waals surface area contributed by atoms with Crippen LogP contribution in [0.15, 0.2) is 84.3 Å². The number of rotatable bonds is 24. The Morgan fingerprint density at radius 1 is 0.863 bits per heavy atom. The summed E-state index contributed by atoms with van der Waals surface area (Å²) in [5, 5.41) is 47.1. The first-order valence-electron chi connectivity index (χ1n) is 25.6. The number of benzene rings is 3. The normalized spacial score (nSPS) is 19.6. The summed E-state index contributed by atoms with van der Waals surface area (Å²) in [5.41, 5.74) is 11.4. The number of hydrogen-bond donors (Lipinski definition) is 7. The Morgan fingerprint density at radius 2 is 1.59 bits per heavy atom. The number of likely N-dealkylation sites (tertiary alicyclic amines) is 1. The first-order chi connectivity index (χ1) is 38.3. The second kappa shape index (κ2) is 24.3. The monoisotopic (exact) mass is 1120 g/mol. The minimum atomic E-state index is -4.54. The van der Waals surface area contributed by atoms with Gasteiger partial charge in [-0.1, -0.05) is 35.3 Å². The fourth-order valence-corrected chi connectivity index (χ4v) is 9.75. The molecule has 424 valence electrons. The molecule has 5 atom stereocenters. The Morgan fingerprint density at radius 3 is 2.31 bits per heavy atom. The molecule has 5 heterocycles. The highest BCUT2D eigenvalue weighted by Gasteiger charge is 2.49. The summed E-state index contributed by atoms with van der Waals surface area (Å²) in [7, 11) is 1.81. The van der Waals surface area contributed by atoms with Crippen molar-refractivity contribution >= 4 is 63.7 Å². The molecule has 5 aromatic rings. The number of carboxylic acid groups (broad SMARTS) is 1. The van der Waals surface area contributed by atoms with E-state index in [-0.39, 0.29) is 119 Å². The molecule has 3 aromatic carbocycles. The number of nitrogens with zero attached hydrogens (tertiary/aromatic N) is 5. The van der Waals surface area contributed by atoms with Crippen molar-refractivity contribution in [3.05, 3.63) is 107 Å². The highest BCUT2D eigenvalue weighted by molar-refractivity contribution is 6.25. The van der Waals surface area contributed by atoms with Crippen LogP contribution in [-0.4, -0.2) is 160 Å². The van der Waals surface area contributed by atoms with Crippen LogP contribution in [0.2, 0.25) is 0 Å². The summed E-state index contributed by atoms with van der Waals surface area (Å²) in [6, 6.07) is 14.9. The van der Waals surface area contributed by atoms with E-state index >= 15 is 0 Å². The second-order valence-electron chi connectivity index (χ2n) is 19.4. The third-order valence-electron chi connectivity index (χ3n) is 13.9. The molecular formula is C54H58F3N8O15+. The molecule has 8 N–H and O–H groups in total. The van der Waals surface area contributed by atoms with Gasteiger partial charge in [0.1, 0.15) is 29.4 Å². The largest absolute Gasteiger partial charge is 0.479 e. The topological polar surface area (TPSA) is 308 Å². The highest BCUT2D eigenvalue weighted by atomic mass is 19.4. The van der Waals surface area contributed by atoms with Crippen molar-refractivity contribution < 1.29 is 90.6 Å². The van der Waals surface area contributed by atoms with E-state index in [1.54, 1.807) is 27.7 Å². The number of alkyl halides is 3. The number of carboxylic acids is 1. The SMILES string of the molecule is Cn1cc(-c2ccc3c(c2)CCN3C(=O)Cc2cccc(C(F)(F)F)c2)c2c(N)nc[n+](Cc3ccc(O[C@@H]4O[C@H](C(=O)O)[C@@H](O)[C@H](O)[C@H]4O)c(NC(=O)CCNC(=O)CCOCCOCCOCCN4C(=O)C5=C(C5)C4=O)c3)c21. The van der Waals surface area contributed by atoms with Crippen molar-refractivity contribution in [2.45, 2.75) is 75.5 Å². The van der Waals surface area contributed by atoms with Crippen LogP contribution in [0.5, 0.6) is 5.75 Å². The van der Waals surface area contributed by atoms with E-state index in [2.05, 4.69) is 15.6 Å². The number of nitrogens with two attached hydrogens (primary N) is 1. The fourth-order valence-electron chi connectivity index (χ4n) is 9.75. The minimum absolute atomic E-state index is 0.0160. The molecule has 1 aliphatic carbocycles. The molecule has 3 aliphatic heterocycles. The Balaban J connectivity index is 0.816. The van der Waals surface area contributed by atoms with E-state index in [0.717, 1.165) is 28.8 Å². The van der Waals surface area contributed by atoms with Crippen LogP contribution in [0, 0.1) is 0 Å². The molecular weight excluding hydrogens is 1060 g/mol. The third-order valence-corrected chi connectivity index (χ3v) is 13.9. The van der Waals surface area contributed by atoms with Gasteiger partial charge in [-0.15, -0.1) is 0 Å². The number of aliphatic hydroxyl groups is 3. The summed E-state index contributed by atoms with van der Waals surface area (Å²) in [4.78, 5) is 82.6. The van der Waals surface area contributed by atoms with E-state index in [1.807, 2.05) is 29.9 Å². The molecule has 0 bridgehead atoms. The van der Waals surface area contributed by atoms with Crippen molar-refractivity contribution in [2.75, 3.05) is 75.2 Å². The van der Waals surface area contributed by atoms with Gasteiger partial charge in [0, 0.05) is 54.7 Å². The van der Waals surface area contributed by atoms with Gasteiger partial charge in [0.25, 0.3) is 11.8 Å². The van der Waals surface area contributed by atoms with Crippen molar-refractivity contribution in [1.82, 2.24) is 19.8 Å². The van der Waals surface area contributed by atoms with E-state index < -0.39 is 60.2 Å². The van der Waals surface area contributed by atoms with Crippen LogP contribution in [0.4, 0.5) is 30.4 Å². The van der Waals surface area contributed by atoms with E-state index in [4.69, 9.17) is 29.4 Å². The zero-order chi connectivity index (χ0) is 57.0. The fraction of sp³-hybridized carbons (Fsp3) is 0.407. The van der Waals surface area contributed by atoms with Gasteiger partial charge >= 0.3 is 12.1 Å². The van der Waals surface area contributed by atoms with Crippen LogP contribution in [0.3, 0.4) is 0 Å². The number of nitrogen functional groups attached to an aromatic ring is 1. The molecule has 0 spiro atoms. The number of ether oxygens (including phenoxy) is 5. The number of nitrogens with one attached hydrogen (secondary N) is 2. The number of fused-ring (bicyclic) bond motifs is 2. The number of hydrogen-bond acceptors (Lipinski definition) is 16. The molecule has 0 radical (unpaired) electrons. The van der Waals surface area contributed by atoms with Gasteiger partial charge in [-0.3, -0.25) is 33.4 Å². The van der Waals surface area contributed by atoms with Gasteiger partial charge in [-0.05, 0) is 59.0 Å². The van der Waals surface area contributed by atoms with Gasteiger partial charge < -0.3 is 65.4 Å². The highest BCUT2D eigenvalue weighted by Crippen LogP contribution is 2.41. The van der Waals surface area contributed by atoms with Crippen molar-refractivity contribution in [3.63, 3.8) is 0 Å². The number of aliphatic carboxylic acids is 1. The molecule has 2 aromatic heterocycles. The quantitative estimate of drug-likeness (QED) is 0.0262. The van der Waals surface area contributed by atoms with Crippen LogP contribution in [0.1, 0.15) is 41.5 Å². The number of carbonyl (C=O) groups excluding carboxylic acids is 5. The maximum Gasteiger partial charge on any atom is 0.416 e. The number of aryl methyl sites for hydroxylation is 1.